The van der Waals surface area contributed by atoms with E-state index in [1.54, 1.807) is 11.8 Å². The summed E-state index contributed by atoms with van der Waals surface area (Å²) < 4.78 is 0. The second kappa shape index (κ2) is 8.01. The standard InChI is InChI=1S/C16H25N3S2/c1-3-21-14-9-6-8-13(15(14)16(17)20)18-11-12-7-4-5-10-19(12)2/h6,8-9,12,18H,3-5,7,10-11H2,1-2H3,(H2,17,20). The maximum atomic E-state index is 5.95. The molecule has 116 valence electrons. The number of piperidine rings is 1. The Balaban J connectivity index is 2.11. The van der Waals surface area contributed by atoms with Crippen LogP contribution in [0.15, 0.2) is 23.1 Å². The van der Waals surface area contributed by atoms with Gasteiger partial charge >= 0.3 is 0 Å². The lowest BCUT2D eigenvalue weighted by Crippen LogP contribution is -2.41. The number of nitrogens with two attached hydrogens (primary N) is 1. The second-order valence-corrected chi connectivity index (χ2v) is 7.23. The molecule has 0 aliphatic carbocycles. The first-order valence-corrected chi connectivity index (χ1v) is 9.02. The monoisotopic (exact) mass is 323 g/mol. The van der Waals surface area contributed by atoms with Crippen molar-refractivity contribution in [3.05, 3.63) is 23.8 Å². The quantitative estimate of drug-likeness (QED) is 0.621. The van der Waals surface area contributed by atoms with Crippen LogP contribution in [0, 0.1) is 0 Å². The molecule has 21 heavy (non-hydrogen) atoms. The highest BCUT2D eigenvalue weighted by Crippen LogP contribution is 2.29. The molecule has 0 aromatic heterocycles. The van der Waals surface area contributed by atoms with Gasteiger partial charge in [0, 0.05) is 28.7 Å². The normalized spacial score (nSPS) is 19.4. The van der Waals surface area contributed by atoms with Crippen molar-refractivity contribution in [3.8, 4) is 0 Å². The first-order valence-electron chi connectivity index (χ1n) is 7.63. The topological polar surface area (TPSA) is 41.3 Å². The van der Waals surface area contributed by atoms with Gasteiger partial charge in [0.2, 0.25) is 0 Å². The van der Waals surface area contributed by atoms with Crippen LogP contribution < -0.4 is 11.1 Å². The molecule has 0 amide bonds. The third-order valence-electron chi connectivity index (χ3n) is 4.02. The van der Waals surface area contributed by atoms with Crippen LogP contribution in [0.25, 0.3) is 0 Å². The lowest BCUT2D eigenvalue weighted by Gasteiger charge is -2.33. The maximum absolute atomic E-state index is 5.95. The molecule has 1 saturated heterocycles. The van der Waals surface area contributed by atoms with Gasteiger partial charge in [0.15, 0.2) is 0 Å². The van der Waals surface area contributed by atoms with Gasteiger partial charge in [-0.25, -0.2) is 0 Å². The maximum Gasteiger partial charge on any atom is 0.107 e. The summed E-state index contributed by atoms with van der Waals surface area (Å²) in [5, 5.41) is 3.57. The third-order valence-corrected chi connectivity index (χ3v) is 5.17. The summed E-state index contributed by atoms with van der Waals surface area (Å²) in [6.45, 7) is 4.29. The summed E-state index contributed by atoms with van der Waals surface area (Å²) in [5.74, 6) is 1.02. The summed E-state index contributed by atoms with van der Waals surface area (Å²) in [6.07, 6.45) is 3.90. The Kier molecular flexibility index (Phi) is 6.33. The molecule has 0 saturated carbocycles. The second-order valence-electron chi connectivity index (χ2n) is 5.49. The first kappa shape index (κ1) is 16.6. The molecule has 3 N–H and O–H groups in total. The van der Waals surface area contributed by atoms with Crippen LogP contribution in [0.5, 0.6) is 0 Å². The summed E-state index contributed by atoms with van der Waals surface area (Å²) in [7, 11) is 2.21. The summed E-state index contributed by atoms with van der Waals surface area (Å²) >= 11 is 7.05. The van der Waals surface area contributed by atoms with E-state index in [1.165, 1.54) is 30.7 Å². The van der Waals surface area contributed by atoms with Gasteiger partial charge in [-0.1, -0.05) is 31.6 Å². The molecule has 5 heteroatoms. The number of benzene rings is 1. The highest BCUT2D eigenvalue weighted by atomic mass is 32.2. The Hall–Kier alpha value is -0.780. The van der Waals surface area contributed by atoms with Crippen LogP contribution in [-0.4, -0.2) is 41.8 Å². The molecule has 1 aromatic rings. The van der Waals surface area contributed by atoms with Gasteiger partial charge in [-0.2, -0.15) is 0 Å². The molecule has 1 fully saturated rings. The number of anilines is 1. The van der Waals surface area contributed by atoms with E-state index in [1.807, 2.05) is 0 Å². The highest BCUT2D eigenvalue weighted by molar-refractivity contribution is 7.99. The molecule has 1 aliphatic rings. The van der Waals surface area contributed by atoms with Gasteiger partial charge in [0.1, 0.15) is 4.99 Å². The van der Waals surface area contributed by atoms with Crippen LogP contribution in [0.2, 0.25) is 0 Å². The fourth-order valence-electron chi connectivity index (χ4n) is 2.84. The molecule has 0 bridgehead atoms. The summed E-state index contributed by atoms with van der Waals surface area (Å²) in [4.78, 5) is 4.10. The van der Waals surface area contributed by atoms with Crippen molar-refractivity contribution in [3.63, 3.8) is 0 Å². The third kappa shape index (κ3) is 4.34. The molecular formula is C16H25N3S2. The largest absolute Gasteiger partial charge is 0.389 e. The van der Waals surface area contributed by atoms with E-state index >= 15 is 0 Å². The number of hydrogen-bond acceptors (Lipinski definition) is 4. The molecule has 1 heterocycles. The molecular weight excluding hydrogens is 298 g/mol. The van der Waals surface area contributed by atoms with Gasteiger partial charge in [-0.15, -0.1) is 11.8 Å². The van der Waals surface area contributed by atoms with Gasteiger partial charge in [0.05, 0.1) is 0 Å². The zero-order valence-corrected chi connectivity index (χ0v) is 14.5. The molecule has 0 radical (unpaired) electrons. The van der Waals surface area contributed by atoms with E-state index in [0.717, 1.165) is 23.5 Å². The number of thioether (sulfide) groups is 1. The number of likely N-dealkylation sites (N-methyl/N-ethyl adjacent to an activating group) is 1. The minimum absolute atomic E-state index is 0.478. The smallest absolute Gasteiger partial charge is 0.107 e. The molecule has 1 aliphatic heterocycles. The SMILES string of the molecule is CCSc1cccc(NCC2CCCCN2C)c1C(N)=S. The highest BCUT2D eigenvalue weighted by Gasteiger charge is 2.19. The molecule has 3 nitrogen and oxygen atoms in total. The number of nitrogens with one attached hydrogen (secondary N) is 1. The van der Waals surface area contributed by atoms with Crippen molar-refractivity contribution >= 4 is 34.7 Å². The van der Waals surface area contributed by atoms with Crippen molar-refractivity contribution in [1.29, 1.82) is 0 Å². The predicted octanol–water partition coefficient (Wildman–Crippen LogP) is 3.33. The fraction of sp³-hybridized carbons (Fsp3) is 0.562. The minimum atomic E-state index is 0.478. The van der Waals surface area contributed by atoms with Crippen molar-refractivity contribution < 1.29 is 0 Å². The number of likely N-dealkylation sites (tertiary alicyclic amines) is 1. The average molecular weight is 324 g/mol. The van der Waals surface area contributed by atoms with E-state index in [4.69, 9.17) is 18.0 Å². The lowest BCUT2D eigenvalue weighted by molar-refractivity contribution is 0.194. The minimum Gasteiger partial charge on any atom is -0.389 e. The summed E-state index contributed by atoms with van der Waals surface area (Å²) in [6, 6.07) is 6.85. The van der Waals surface area contributed by atoms with Crippen LogP contribution in [0.3, 0.4) is 0 Å². The van der Waals surface area contributed by atoms with Crippen LogP contribution in [0.1, 0.15) is 31.7 Å². The Morgan fingerprint density at radius 3 is 2.95 bits per heavy atom. The Morgan fingerprint density at radius 2 is 2.29 bits per heavy atom. The van der Waals surface area contributed by atoms with E-state index in [9.17, 15) is 0 Å². The zero-order valence-electron chi connectivity index (χ0n) is 12.9. The summed E-state index contributed by atoms with van der Waals surface area (Å²) in [5.41, 5.74) is 8.02. The van der Waals surface area contributed by atoms with E-state index in [-0.39, 0.29) is 0 Å². The first-order chi connectivity index (χ1) is 10.1. The van der Waals surface area contributed by atoms with Gasteiger partial charge in [-0.3, -0.25) is 0 Å². The molecule has 1 atom stereocenters. The van der Waals surface area contributed by atoms with Crippen molar-refractivity contribution in [2.24, 2.45) is 5.73 Å². The van der Waals surface area contributed by atoms with E-state index < -0.39 is 0 Å². The molecule has 0 spiro atoms. The number of nitrogens with zero attached hydrogens (tertiary/aromatic N) is 1. The van der Waals surface area contributed by atoms with E-state index in [0.29, 0.717) is 11.0 Å². The predicted molar refractivity (Wildman–Crippen MR) is 97.5 cm³/mol. The molecule has 1 unspecified atom stereocenters. The zero-order chi connectivity index (χ0) is 15.2. The van der Waals surface area contributed by atoms with Gasteiger partial charge in [0.25, 0.3) is 0 Å². The van der Waals surface area contributed by atoms with Crippen molar-refractivity contribution in [2.75, 3.05) is 31.2 Å². The van der Waals surface area contributed by atoms with Crippen molar-refractivity contribution in [1.82, 2.24) is 4.90 Å². The van der Waals surface area contributed by atoms with Crippen LogP contribution in [0.4, 0.5) is 5.69 Å². The van der Waals surface area contributed by atoms with Crippen LogP contribution in [-0.2, 0) is 0 Å². The number of hydrogen-bond donors (Lipinski definition) is 2. The Labute approximate surface area is 137 Å². The average Bonchev–Trinajstić information content (AvgIpc) is 2.46. The number of rotatable bonds is 6. The van der Waals surface area contributed by atoms with E-state index in [2.05, 4.69) is 42.4 Å². The Morgan fingerprint density at radius 1 is 1.48 bits per heavy atom. The molecule has 2 rings (SSSR count). The van der Waals surface area contributed by atoms with Gasteiger partial charge in [-0.05, 0) is 44.3 Å². The van der Waals surface area contributed by atoms with Gasteiger partial charge < -0.3 is 16.0 Å². The van der Waals surface area contributed by atoms with Crippen LogP contribution >= 0.6 is 24.0 Å². The van der Waals surface area contributed by atoms with Crippen molar-refractivity contribution in [2.45, 2.75) is 37.1 Å². The molecule has 1 aromatic carbocycles. The Bertz CT molecular complexity index is 490. The number of thiocarbonyl (C=S) groups is 1. The fourth-order valence-corrected chi connectivity index (χ4v) is 3.97. The lowest BCUT2D eigenvalue weighted by atomic mass is 10.0.